The summed E-state index contributed by atoms with van der Waals surface area (Å²) >= 11 is 0. The zero-order valence-corrected chi connectivity index (χ0v) is 13.6. The normalized spacial score (nSPS) is 15.2. The van der Waals surface area contributed by atoms with Crippen LogP contribution in [0.1, 0.15) is 18.1 Å². The largest absolute Gasteiger partial charge is 0.497 e. The summed E-state index contributed by atoms with van der Waals surface area (Å²) in [5.74, 6) is 1.76. The molecule has 2 aromatic carbocycles. The van der Waals surface area contributed by atoms with Crippen molar-refractivity contribution in [2.75, 3.05) is 13.7 Å². The van der Waals surface area contributed by atoms with Crippen LogP contribution < -0.4 is 9.47 Å². The van der Waals surface area contributed by atoms with Crippen molar-refractivity contribution in [3.63, 3.8) is 0 Å². The maximum Gasteiger partial charge on any atom is 0.343 e. The van der Waals surface area contributed by atoms with Gasteiger partial charge in [0, 0.05) is 5.56 Å². The number of benzene rings is 2. The first-order valence-corrected chi connectivity index (χ1v) is 7.72. The number of cyclic esters (lactones) is 1. The first-order valence-electron chi connectivity index (χ1n) is 7.72. The minimum Gasteiger partial charge on any atom is -0.497 e. The average molecular weight is 322 g/mol. The van der Waals surface area contributed by atoms with Crippen molar-refractivity contribution in [1.82, 2.24) is 0 Å². The first kappa shape index (κ1) is 15.9. The summed E-state index contributed by atoms with van der Waals surface area (Å²) in [6.45, 7) is 2.57. The fraction of sp³-hybridized carbons (Fsp3) is 0.150. The topological polar surface area (TPSA) is 44.8 Å². The first-order chi connectivity index (χ1) is 11.7. The smallest absolute Gasteiger partial charge is 0.343 e. The van der Waals surface area contributed by atoms with E-state index in [9.17, 15) is 4.79 Å². The van der Waals surface area contributed by atoms with E-state index in [4.69, 9.17) is 14.2 Å². The molecule has 0 fully saturated rings. The second kappa shape index (κ2) is 7.04. The lowest BCUT2D eigenvalue weighted by atomic mass is 10.1. The second-order valence-electron chi connectivity index (χ2n) is 5.23. The molecule has 1 heterocycles. The predicted octanol–water partition coefficient (Wildman–Crippen LogP) is 4.08. The van der Waals surface area contributed by atoms with E-state index < -0.39 is 0 Å². The van der Waals surface area contributed by atoms with E-state index in [1.807, 2.05) is 55.5 Å². The Bertz CT molecular complexity index is 783. The number of hydrogen-bond acceptors (Lipinski definition) is 4. The zero-order valence-electron chi connectivity index (χ0n) is 13.6. The highest BCUT2D eigenvalue weighted by Crippen LogP contribution is 2.28. The second-order valence-corrected chi connectivity index (χ2v) is 5.23. The molecule has 0 bridgehead atoms. The Hall–Kier alpha value is -3.01. The van der Waals surface area contributed by atoms with Crippen molar-refractivity contribution < 1.29 is 19.0 Å². The minimum absolute atomic E-state index is 0.352. The Kier molecular flexibility index (Phi) is 4.66. The lowest BCUT2D eigenvalue weighted by Gasteiger charge is -2.03. The lowest BCUT2D eigenvalue weighted by molar-refractivity contribution is -0.130. The molecular weight excluding hydrogens is 304 g/mol. The third-order valence-corrected chi connectivity index (χ3v) is 3.61. The fourth-order valence-electron chi connectivity index (χ4n) is 2.39. The van der Waals surface area contributed by atoms with E-state index in [0.29, 0.717) is 17.9 Å². The van der Waals surface area contributed by atoms with Gasteiger partial charge in [0.25, 0.3) is 0 Å². The van der Waals surface area contributed by atoms with Crippen LogP contribution in [-0.4, -0.2) is 19.7 Å². The van der Waals surface area contributed by atoms with Gasteiger partial charge in [-0.1, -0.05) is 12.1 Å². The Morgan fingerprint density at radius 2 is 1.67 bits per heavy atom. The van der Waals surface area contributed by atoms with Gasteiger partial charge >= 0.3 is 5.97 Å². The van der Waals surface area contributed by atoms with Crippen LogP contribution in [0.2, 0.25) is 0 Å². The molecule has 24 heavy (non-hydrogen) atoms. The van der Waals surface area contributed by atoms with Gasteiger partial charge in [0.15, 0.2) is 0 Å². The van der Waals surface area contributed by atoms with Gasteiger partial charge in [0.1, 0.15) is 17.3 Å². The van der Waals surface area contributed by atoms with Gasteiger partial charge in [-0.3, -0.25) is 0 Å². The molecule has 0 radical (unpaired) electrons. The summed E-state index contributed by atoms with van der Waals surface area (Å²) in [6.07, 6.45) is 3.55. The van der Waals surface area contributed by atoms with E-state index in [-0.39, 0.29) is 5.97 Å². The van der Waals surface area contributed by atoms with E-state index in [0.717, 1.165) is 22.6 Å². The molecule has 0 saturated heterocycles. The number of hydrogen-bond donors (Lipinski definition) is 0. The van der Waals surface area contributed by atoms with E-state index in [1.165, 1.54) is 0 Å². The van der Waals surface area contributed by atoms with E-state index in [2.05, 4.69) is 0 Å². The summed E-state index contributed by atoms with van der Waals surface area (Å²) in [6, 6.07) is 15.0. The number of carbonyl (C=O) groups excluding carboxylic acids is 1. The van der Waals surface area contributed by atoms with Crippen LogP contribution in [0.15, 0.2) is 60.2 Å². The molecule has 0 aliphatic carbocycles. The number of methoxy groups -OCH3 is 1. The summed E-state index contributed by atoms with van der Waals surface area (Å²) < 4.78 is 15.9. The van der Waals surface area contributed by atoms with Crippen LogP contribution in [-0.2, 0) is 9.53 Å². The molecule has 0 spiro atoms. The van der Waals surface area contributed by atoms with Crippen LogP contribution in [0.3, 0.4) is 0 Å². The molecule has 3 rings (SSSR count). The zero-order chi connectivity index (χ0) is 16.9. The fourth-order valence-corrected chi connectivity index (χ4v) is 2.39. The minimum atomic E-state index is -0.352. The maximum absolute atomic E-state index is 12.1. The molecule has 1 aliphatic rings. The van der Waals surface area contributed by atoms with Crippen LogP contribution >= 0.6 is 0 Å². The Balaban J connectivity index is 1.82. The molecule has 0 atom stereocenters. The predicted molar refractivity (Wildman–Crippen MR) is 92.7 cm³/mol. The van der Waals surface area contributed by atoms with Crippen molar-refractivity contribution in [2.45, 2.75) is 6.92 Å². The Morgan fingerprint density at radius 1 is 1.00 bits per heavy atom. The van der Waals surface area contributed by atoms with Gasteiger partial charge in [-0.15, -0.1) is 0 Å². The SMILES string of the molecule is CCOc1ccc(C=C2C=C(c3ccc(OC)cc3)OC2=O)cc1. The maximum atomic E-state index is 12.1. The van der Waals surface area contributed by atoms with Crippen LogP contribution in [0, 0.1) is 0 Å². The highest BCUT2D eigenvalue weighted by atomic mass is 16.5. The van der Waals surface area contributed by atoms with Crippen LogP contribution in [0.5, 0.6) is 11.5 Å². The number of carbonyl (C=O) groups is 1. The number of esters is 1. The molecule has 4 nitrogen and oxygen atoms in total. The molecule has 122 valence electrons. The highest BCUT2D eigenvalue weighted by molar-refractivity contribution is 6.05. The van der Waals surface area contributed by atoms with Gasteiger partial charge in [-0.05, 0) is 61.0 Å². The van der Waals surface area contributed by atoms with Crippen LogP contribution in [0.4, 0.5) is 0 Å². The molecule has 0 aromatic heterocycles. The molecule has 0 saturated carbocycles. The molecule has 2 aromatic rings. The van der Waals surface area contributed by atoms with Crippen molar-refractivity contribution >= 4 is 17.8 Å². The quantitative estimate of drug-likeness (QED) is 0.615. The Labute approximate surface area is 141 Å². The highest BCUT2D eigenvalue weighted by Gasteiger charge is 2.21. The summed E-state index contributed by atoms with van der Waals surface area (Å²) in [4.78, 5) is 12.1. The van der Waals surface area contributed by atoms with Crippen molar-refractivity contribution in [3.8, 4) is 11.5 Å². The van der Waals surface area contributed by atoms with Gasteiger partial charge in [-0.2, -0.15) is 0 Å². The molecule has 1 aliphatic heterocycles. The van der Waals surface area contributed by atoms with E-state index >= 15 is 0 Å². The summed E-state index contributed by atoms with van der Waals surface area (Å²) in [5.41, 5.74) is 2.27. The molecule has 0 amide bonds. The van der Waals surface area contributed by atoms with Crippen LogP contribution in [0.25, 0.3) is 11.8 Å². The monoisotopic (exact) mass is 322 g/mol. The third kappa shape index (κ3) is 3.49. The standard InChI is InChI=1S/C20H18O4/c1-3-23-18-8-4-14(5-9-18)12-16-13-19(24-20(16)21)15-6-10-17(22-2)11-7-15/h4-13H,3H2,1-2H3. The van der Waals surface area contributed by atoms with Gasteiger partial charge in [0.05, 0.1) is 19.3 Å². The van der Waals surface area contributed by atoms with Gasteiger partial charge < -0.3 is 14.2 Å². The molecular formula is C20H18O4. The summed E-state index contributed by atoms with van der Waals surface area (Å²) in [7, 11) is 1.61. The van der Waals surface area contributed by atoms with Crippen molar-refractivity contribution in [2.24, 2.45) is 0 Å². The van der Waals surface area contributed by atoms with Gasteiger partial charge in [-0.25, -0.2) is 4.79 Å². The summed E-state index contributed by atoms with van der Waals surface area (Å²) in [5, 5.41) is 0. The lowest BCUT2D eigenvalue weighted by Crippen LogP contribution is -1.97. The van der Waals surface area contributed by atoms with Crippen molar-refractivity contribution in [3.05, 3.63) is 71.3 Å². The molecule has 4 heteroatoms. The third-order valence-electron chi connectivity index (χ3n) is 3.61. The van der Waals surface area contributed by atoms with Gasteiger partial charge in [0.2, 0.25) is 0 Å². The number of ether oxygens (including phenoxy) is 3. The van der Waals surface area contributed by atoms with Crippen molar-refractivity contribution in [1.29, 1.82) is 0 Å². The molecule has 0 N–H and O–H groups in total. The van der Waals surface area contributed by atoms with E-state index in [1.54, 1.807) is 19.3 Å². The number of rotatable bonds is 5. The Morgan fingerprint density at radius 3 is 2.29 bits per heavy atom. The molecule has 0 unspecified atom stereocenters. The average Bonchev–Trinajstić information content (AvgIpc) is 2.98.